The van der Waals surface area contributed by atoms with Gasteiger partial charge in [0.1, 0.15) is 12.6 Å². The van der Waals surface area contributed by atoms with E-state index < -0.39 is 28.5 Å². The van der Waals surface area contributed by atoms with Crippen LogP contribution in [0.2, 0.25) is 15.1 Å². The molecular formula is C30H32Cl3N3O4S. The average molecular weight is 637 g/mol. The van der Waals surface area contributed by atoms with E-state index in [0.717, 1.165) is 30.0 Å². The fourth-order valence-electron chi connectivity index (χ4n) is 5.01. The zero-order chi connectivity index (χ0) is 29.6. The number of benzene rings is 3. The Labute approximate surface area is 256 Å². The van der Waals surface area contributed by atoms with Gasteiger partial charge in [-0.2, -0.15) is 0 Å². The Morgan fingerprint density at radius 2 is 1.56 bits per heavy atom. The molecule has 1 fully saturated rings. The number of hydrogen-bond acceptors (Lipinski definition) is 4. The second kappa shape index (κ2) is 13.9. The molecule has 0 heterocycles. The SMILES string of the molecule is CC[C@H](C(=O)NC1CCCC1)N(Cc1ccc(Cl)c(Cl)c1)C(=O)CN(c1ccccc1Cl)S(=O)(=O)c1ccccc1. The highest BCUT2D eigenvalue weighted by atomic mass is 35.5. The maximum Gasteiger partial charge on any atom is 0.264 e. The molecule has 3 aromatic rings. The van der Waals surface area contributed by atoms with E-state index in [-0.39, 0.29) is 34.1 Å². The van der Waals surface area contributed by atoms with Gasteiger partial charge in [-0.25, -0.2) is 8.42 Å². The van der Waals surface area contributed by atoms with Crippen LogP contribution in [-0.4, -0.2) is 43.8 Å². The molecular weight excluding hydrogens is 605 g/mol. The highest BCUT2D eigenvalue weighted by Crippen LogP contribution is 2.31. The molecule has 0 aromatic heterocycles. The third kappa shape index (κ3) is 7.55. The molecule has 0 aliphatic heterocycles. The summed E-state index contributed by atoms with van der Waals surface area (Å²) in [7, 11) is -4.20. The molecule has 1 aliphatic rings. The molecule has 1 saturated carbocycles. The monoisotopic (exact) mass is 635 g/mol. The third-order valence-corrected chi connectivity index (χ3v) is 9.99. The van der Waals surface area contributed by atoms with E-state index in [4.69, 9.17) is 34.8 Å². The molecule has 1 aliphatic carbocycles. The van der Waals surface area contributed by atoms with Crippen molar-refractivity contribution >= 4 is 62.3 Å². The number of nitrogens with one attached hydrogen (secondary N) is 1. The molecule has 7 nitrogen and oxygen atoms in total. The smallest absolute Gasteiger partial charge is 0.264 e. The van der Waals surface area contributed by atoms with Gasteiger partial charge in [-0.15, -0.1) is 0 Å². The fraction of sp³-hybridized carbons (Fsp3) is 0.333. The van der Waals surface area contributed by atoms with Crippen LogP contribution in [0.1, 0.15) is 44.6 Å². The largest absolute Gasteiger partial charge is 0.352 e. The summed E-state index contributed by atoms with van der Waals surface area (Å²) in [5, 5.41) is 3.93. The van der Waals surface area contributed by atoms with Crippen molar-refractivity contribution in [3.63, 3.8) is 0 Å². The van der Waals surface area contributed by atoms with Crippen LogP contribution in [0.5, 0.6) is 0 Å². The van der Waals surface area contributed by atoms with E-state index in [0.29, 0.717) is 22.0 Å². The van der Waals surface area contributed by atoms with Gasteiger partial charge in [0.25, 0.3) is 10.0 Å². The molecule has 0 unspecified atom stereocenters. The maximum absolute atomic E-state index is 14.2. The van der Waals surface area contributed by atoms with Crippen LogP contribution in [-0.2, 0) is 26.2 Å². The number of rotatable bonds is 11. The molecule has 3 aromatic carbocycles. The first-order valence-corrected chi connectivity index (χ1v) is 16.0. The van der Waals surface area contributed by atoms with E-state index in [1.165, 1.54) is 17.0 Å². The Morgan fingerprint density at radius 1 is 0.902 bits per heavy atom. The van der Waals surface area contributed by atoms with Gasteiger partial charge >= 0.3 is 0 Å². The summed E-state index contributed by atoms with van der Waals surface area (Å²) in [5.74, 6) is -0.841. The van der Waals surface area contributed by atoms with Gasteiger partial charge in [-0.3, -0.25) is 13.9 Å². The Morgan fingerprint density at radius 3 is 2.20 bits per heavy atom. The number of anilines is 1. The lowest BCUT2D eigenvalue weighted by atomic mass is 10.1. The minimum absolute atomic E-state index is 0.00905. The van der Waals surface area contributed by atoms with Gasteiger partial charge in [0.05, 0.1) is 25.7 Å². The number of sulfonamides is 1. The summed E-state index contributed by atoms with van der Waals surface area (Å²) < 4.78 is 28.7. The molecule has 1 N–H and O–H groups in total. The molecule has 1 atom stereocenters. The van der Waals surface area contributed by atoms with Crippen LogP contribution >= 0.6 is 34.8 Å². The predicted octanol–water partition coefficient (Wildman–Crippen LogP) is 6.71. The number of halogens is 3. The number of carbonyl (C=O) groups is 2. The van der Waals surface area contributed by atoms with Gasteiger partial charge < -0.3 is 10.2 Å². The summed E-state index contributed by atoms with van der Waals surface area (Å²) in [4.78, 5) is 29.1. The fourth-order valence-corrected chi connectivity index (χ4v) is 7.07. The molecule has 41 heavy (non-hydrogen) atoms. The minimum atomic E-state index is -4.20. The van der Waals surface area contributed by atoms with Crippen LogP contribution in [0.15, 0.2) is 77.7 Å². The lowest BCUT2D eigenvalue weighted by Crippen LogP contribution is -2.53. The molecule has 2 amide bonds. The van der Waals surface area contributed by atoms with Crippen molar-refractivity contribution in [2.45, 2.75) is 62.6 Å². The minimum Gasteiger partial charge on any atom is -0.352 e. The standard InChI is InChI=1S/C30H32Cl3N3O4S/c1-2-27(30(38)34-22-10-6-7-11-22)35(19-21-16-17-24(31)26(33)18-21)29(37)20-36(28-15-9-8-14-25(28)32)41(39,40)23-12-4-3-5-13-23/h3-5,8-9,12-18,22,27H,2,6-7,10-11,19-20H2,1H3,(H,34,38)/t27-/m1/s1. The molecule has 218 valence electrons. The zero-order valence-electron chi connectivity index (χ0n) is 22.6. The van der Waals surface area contributed by atoms with Crippen LogP contribution in [0.4, 0.5) is 5.69 Å². The maximum atomic E-state index is 14.2. The van der Waals surface area contributed by atoms with E-state index in [2.05, 4.69) is 5.32 Å². The first-order valence-electron chi connectivity index (χ1n) is 13.5. The van der Waals surface area contributed by atoms with Crippen LogP contribution < -0.4 is 9.62 Å². The van der Waals surface area contributed by atoms with Crippen molar-refractivity contribution in [1.82, 2.24) is 10.2 Å². The van der Waals surface area contributed by atoms with Crippen LogP contribution in [0, 0.1) is 0 Å². The Kier molecular flexibility index (Phi) is 10.6. The lowest BCUT2D eigenvalue weighted by Gasteiger charge is -2.34. The number of para-hydroxylation sites is 1. The van der Waals surface area contributed by atoms with Crippen LogP contribution in [0.3, 0.4) is 0 Å². The number of nitrogens with zero attached hydrogens (tertiary/aromatic N) is 2. The molecule has 0 saturated heterocycles. The van der Waals surface area contributed by atoms with Crippen molar-refractivity contribution in [3.8, 4) is 0 Å². The molecule has 11 heteroatoms. The first-order chi connectivity index (χ1) is 19.6. The van der Waals surface area contributed by atoms with Gasteiger partial charge in [-0.05, 0) is 61.2 Å². The van der Waals surface area contributed by atoms with E-state index in [1.54, 1.807) is 60.7 Å². The van der Waals surface area contributed by atoms with Crippen molar-refractivity contribution in [2.24, 2.45) is 0 Å². The quantitative estimate of drug-likeness (QED) is 0.254. The van der Waals surface area contributed by atoms with Gasteiger partial charge in [0, 0.05) is 12.6 Å². The van der Waals surface area contributed by atoms with E-state index in [9.17, 15) is 18.0 Å². The van der Waals surface area contributed by atoms with E-state index in [1.807, 2.05) is 6.92 Å². The lowest BCUT2D eigenvalue weighted by molar-refractivity contribution is -0.140. The Balaban J connectivity index is 1.73. The van der Waals surface area contributed by atoms with Crippen molar-refractivity contribution in [1.29, 1.82) is 0 Å². The Bertz CT molecular complexity index is 1480. The topological polar surface area (TPSA) is 86.8 Å². The summed E-state index contributed by atoms with van der Waals surface area (Å²) >= 11 is 18.8. The highest BCUT2D eigenvalue weighted by molar-refractivity contribution is 7.92. The number of hydrogen-bond donors (Lipinski definition) is 1. The van der Waals surface area contributed by atoms with E-state index >= 15 is 0 Å². The summed E-state index contributed by atoms with van der Waals surface area (Å²) in [6.45, 7) is 1.27. The second-order valence-corrected chi connectivity index (χ2v) is 13.0. The van der Waals surface area contributed by atoms with Gasteiger partial charge in [-0.1, -0.05) is 91.0 Å². The van der Waals surface area contributed by atoms with Crippen molar-refractivity contribution in [3.05, 3.63) is 93.4 Å². The summed E-state index contributed by atoms with van der Waals surface area (Å²) in [5.41, 5.74) is 0.805. The zero-order valence-corrected chi connectivity index (χ0v) is 25.7. The number of carbonyl (C=O) groups excluding carboxylic acids is 2. The average Bonchev–Trinajstić information content (AvgIpc) is 3.47. The summed E-state index contributed by atoms with van der Waals surface area (Å²) in [6.07, 6.45) is 4.18. The number of amides is 2. The summed E-state index contributed by atoms with van der Waals surface area (Å²) in [6, 6.07) is 18.5. The van der Waals surface area contributed by atoms with Crippen molar-refractivity contribution < 1.29 is 18.0 Å². The molecule has 0 radical (unpaired) electrons. The Hall–Kier alpha value is -2.78. The second-order valence-electron chi connectivity index (χ2n) is 9.96. The molecule has 4 rings (SSSR count). The predicted molar refractivity (Wildman–Crippen MR) is 164 cm³/mol. The highest BCUT2D eigenvalue weighted by Gasteiger charge is 2.35. The molecule has 0 bridgehead atoms. The van der Waals surface area contributed by atoms with Gasteiger partial charge in [0.15, 0.2) is 0 Å². The molecule has 0 spiro atoms. The van der Waals surface area contributed by atoms with Crippen LogP contribution in [0.25, 0.3) is 0 Å². The first kappa shape index (κ1) is 31.2. The normalized spacial score (nSPS) is 14.4. The van der Waals surface area contributed by atoms with Gasteiger partial charge in [0.2, 0.25) is 11.8 Å². The van der Waals surface area contributed by atoms with Crippen molar-refractivity contribution in [2.75, 3.05) is 10.8 Å². The third-order valence-electron chi connectivity index (χ3n) is 7.16.